The lowest BCUT2D eigenvalue weighted by atomic mass is 10.2. The van der Waals surface area contributed by atoms with Crippen molar-refractivity contribution in [2.24, 2.45) is 0 Å². The van der Waals surface area contributed by atoms with Crippen LogP contribution in [-0.4, -0.2) is 38.8 Å². The van der Waals surface area contributed by atoms with Gasteiger partial charge in [0.05, 0.1) is 0 Å². The van der Waals surface area contributed by atoms with Crippen molar-refractivity contribution in [3.05, 3.63) is 6.33 Å². The summed E-state index contributed by atoms with van der Waals surface area (Å²) in [5.41, 5.74) is 0.781. The molecule has 0 radical (unpaired) electrons. The summed E-state index contributed by atoms with van der Waals surface area (Å²) in [7, 11) is 0. The highest BCUT2D eigenvalue weighted by Crippen LogP contribution is 2.31. The Morgan fingerprint density at radius 1 is 1.33 bits per heavy atom. The first-order chi connectivity index (χ1) is 8.55. The normalized spacial score (nSPS) is 12.0. The predicted octanol–water partition coefficient (Wildman–Crippen LogP) is 3.36. The van der Waals surface area contributed by atoms with Gasteiger partial charge in [-0.05, 0) is 26.4 Å². The van der Waals surface area contributed by atoms with Crippen molar-refractivity contribution in [3.8, 4) is 0 Å². The summed E-state index contributed by atoms with van der Waals surface area (Å²) in [6.07, 6.45) is 5.71. The van der Waals surface area contributed by atoms with Gasteiger partial charge in [-0.3, -0.25) is 0 Å². The van der Waals surface area contributed by atoms with Gasteiger partial charge in [-0.1, -0.05) is 11.8 Å². The van der Waals surface area contributed by atoms with Crippen molar-refractivity contribution in [1.29, 1.82) is 0 Å². The zero-order valence-corrected chi connectivity index (χ0v) is 13.3. The molecule has 0 saturated heterocycles. The molecule has 2 aromatic rings. The molecule has 2 rings (SSSR count). The predicted molar refractivity (Wildman–Crippen MR) is 83.1 cm³/mol. The maximum absolute atomic E-state index is 4.44. The molecule has 0 amide bonds. The van der Waals surface area contributed by atoms with E-state index in [1.807, 2.05) is 18.0 Å². The van der Waals surface area contributed by atoms with E-state index in [2.05, 4.69) is 40.4 Å². The molecule has 0 aliphatic heterocycles. The summed E-state index contributed by atoms with van der Waals surface area (Å²) in [5, 5.41) is 3.41. The van der Waals surface area contributed by atoms with Gasteiger partial charge in [-0.25, -0.2) is 15.0 Å². The summed E-state index contributed by atoms with van der Waals surface area (Å²) >= 11 is 5.12. The number of fused-ring (bicyclic) bond motifs is 1. The van der Waals surface area contributed by atoms with E-state index in [1.54, 1.807) is 29.4 Å². The molecular formula is C11H16N4S3. The molecule has 0 aliphatic rings. The van der Waals surface area contributed by atoms with E-state index >= 15 is 0 Å². The quantitative estimate of drug-likeness (QED) is 0.855. The standard InChI is InChI=1S/C11H16N4S3/c1-11(2,17-4)5-12-8-7-9(14-6-13-8)15-10(16-3)18-7/h6H,5H2,1-4H3,(H,12,13,14). The fourth-order valence-electron chi connectivity index (χ4n) is 1.32. The Bertz CT molecular complexity index is 538. The van der Waals surface area contributed by atoms with Crippen molar-refractivity contribution in [2.75, 3.05) is 24.4 Å². The third-order valence-corrected chi connectivity index (χ3v) is 5.87. The lowest BCUT2D eigenvalue weighted by Gasteiger charge is -2.22. The second-order valence-electron chi connectivity index (χ2n) is 4.38. The van der Waals surface area contributed by atoms with Gasteiger partial charge in [0.15, 0.2) is 9.99 Å². The Balaban J connectivity index is 2.25. The zero-order chi connectivity index (χ0) is 13.2. The molecule has 2 heterocycles. The van der Waals surface area contributed by atoms with Crippen LogP contribution in [0.15, 0.2) is 10.7 Å². The molecule has 0 fully saturated rings. The Morgan fingerprint density at radius 3 is 2.78 bits per heavy atom. The lowest BCUT2D eigenvalue weighted by Crippen LogP contribution is -2.26. The summed E-state index contributed by atoms with van der Waals surface area (Å²) in [6, 6.07) is 0. The van der Waals surface area contributed by atoms with Gasteiger partial charge in [-0.2, -0.15) is 11.8 Å². The SMILES string of the molecule is CSc1nc2ncnc(NCC(C)(C)SC)c2s1. The average Bonchev–Trinajstić information content (AvgIpc) is 2.80. The molecule has 4 nitrogen and oxygen atoms in total. The van der Waals surface area contributed by atoms with Gasteiger partial charge in [0.25, 0.3) is 0 Å². The number of thiazole rings is 1. The van der Waals surface area contributed by atoms with Gasteiger partial charge in [0, 0.05) is 11.3 Å². The number of thioether (sulfide) groups is 2. The van der Waals surface area contributed by atoms with Gasteiger partial charge in [0.1, 0.15) is 16.8 Å². The van der Waals surface area contributed by atoms with Gasteiger partial charge in [0.2, 0.25) is 0 Å². The van der Waals surface area contributed by atoms with Crippen molar-refractivity contribution in [3.63, 3.8) is 0 Å². The van der Waals surface area contributed by atoms with E-state index in [1.165, 1.54) is 0 Å². The number of aromatic nitrogens is 3. The highest BCUT2D eigenvalue weighted by Gasteiger charge is 2.17. The lowest BCUT2D eigenvalue weighted by molar-refractivity contribution is 0.751. The fraction of sp³-hybridized carbons (Fsp3) is 0.545. The first-order valence-corrected chi connectivity index (χ1v) is 8.77. The smallest absolute Gasteiger partial charge is 0.176 e. The van der Waals surface area contributed by atoms with Crippen LogP contribution in [0, 0.1) is 0 Å². The topological polar surface area (TPSA) is 50.7 Å². The average molecular weight is 300 g/mol. The van der Waals surface area contributed by atoms with Crippen LogP contribution in [0.2, 0.25) is 0 Å². The molecule has 1 N–H and O–H groups in total. The van der Waals surface area contributed by atoms with Crippen LogP contribution >= 0.6 is 34.9 Å². The third kappa shape index (κ3) is 3.07. The molecule has 18 heavy (non-hydrogen) atoms. The minimum absolute atomic E-state index is 0.185. The Hall–Kier alpha value is -0.530. The van der Waals surface area contributed by atoms with Crippen LogP contribution in [0.4, 0.5) is 5.82 Å². The molecule has 0 unspecified atom stereocenters. The molecule has 0 aromatic carbocycles. The van der Waals surface area contributed by atoms with Crippen LogP contribution < -0.4 is 5.32 Å². The number of nitrogens with one attached hydrogen (secondary N) is 1. The van der Waals surface area contributed by atoms with E-state index in [0.717, 1.165) is 27.0 Å². The number of rotatable bonds is 5. The highest BCUT2D eigenvalue weighted by molar-refractivity contribution is 8.00. The van der Waals surface area contributed by atoms with E-state index in [4.69, 9.17) is 0 Å². The minimum atomic E-state index is 0.185. The molecule has 0 saturated carbocycles. The summed E-state index contributed by atoms with van der Waals surface area (Å²) in [5.74, 6) is 0.889. The van der Waals surface area contributed by atoms with Crippen LogP contribution in [0.25, 0.3) is 10.3 Å². The first-order valence-electron chi connectivity index (χ1n) is 5.50. The monoisotopic (exact) mass is 300 g/mol. The van der Waals surface area contributed by atoms with Gasteiger partial charge in [-0.15, -0.1) is 11.3 Å². The molecule has 0 atom stereocenters. The number of hydrogen-bond donors (Lipinski definition) is 1. The number of nitrogens with zero attached hydrogens (tertiary/aromatic N) is 3. The number of hydrogen-bond acceptors (Lipinski definition) is 7. The Kier molecular flexibility index (Phi) is 4.34. The molecular weight excluding hydrogens is 284 g/mol. The molecule has 0 spiro atoms. The Labute approximate surface area is 119 Å². The van der Waals surface area contributed by atoms with E-state index in [9.17, 15) is 0 Å². The Morgan fingerprint density at radius 2 is 2.11 bits per heavy atom. The number of anilines is 1. The summed E-state index contributed by atoms with van der Waals surface area (Å²) in [6.45, 7) is 5.29. The fourth-order valence-corrected chi connectivity index (χ4v) is 3.01. The minimum Gasteiger partial charge on any atom is -0.367 e. The van der Waals surface area contributed by atoms with Crippen LogP contribution in [-0.2, 0) is 0 Å². The summed E-state index contributed by atoms with van der Waals surface area (Å²) < 4.78 is 2.25. The maximum Gasteiger partial charge on any atom is 0.176 e. The molecule has 7 heteroatoms. The van der Waals surface area contributed by atoms with E-state index < -0.39 is 0 Å². The second-order valence-corrected chi connectivity index (χ2v) is 7.94. The molecule has 2 aromatic heterocycles. The second kappa shape index (κ2) is 5.63. The van der Waals surface area contributed by atoms with Crippen LogP contribution in [0.3, 0.4) is 0 Å². The maximum atomic E-state index is 4.44. The van der Waals surface area contributed by atoms with Crippen molar-refractivity contribution < 1.29 is 0 Å². The van der Waals surface area contributed by atoms with Crippen molar-refractivity contribution >= 4 is 51.0 Å². The first kappa shape index (κ1) is 13.9. The summed E-state index contributed by atoms with van der Waals surface area (Å²) in [4.78, 5) is 13.0. The van der Waals surface area contributed by atoms with Crippen LogP contribution in [0.5, 0.6) is 0 Å². The van der Waals surface area contributed by atoms with E-state index in [0.29, 0.717) is 0 Å². The van der Waals surface area contributed by atoms with Gasteiger partial charge < -0.3 is 5.32 Å². The zero-order valence-electron chi connectivity index (χ0n) is 10.9. The van der Waals surface area contributed by atoms with Crippen LogP contribution in [0.1, 0.15) is 13.8 Å². The third-order valence-electron chi connectivity index (χ3n) is 2.58. The highest BCUT2D eigenvalue weighted by atomic mass is 32.2. The van der Waals surface area contributed by atoms with E-state index in [-0.39, 0.29) is 4.75 Å². The molecule has 98 valence electrons. The van der Waals surface area contributed by atoms with Crippen molar-refractivity contribution in [1.82, 2.24) is 15.0 Å². The van der Waals surface area contributed by atoms with Gasteiger partial charge >= 0.3 is 0 Å². The molecule has 0 bridgehead atoms. The van der Waals surface area contributed by atoms with Crippen molar-refractivity contribution in [2.45, 2.75) is 22.9 Å². The largest absolute Gasteiger partial charge is 0.367 e. The molecule has 0 aliphatic carbocycles.